The third-order valence-corrected chi connectivity index (χ3v) is 2.75. The SMILES string of the molecule is C/C=C/c1ccc(C(F)(F)F)c(OCC(OCC)OCC)c1. The molecule has 0 atom stereocenters. The molecule has 0 bridgehead atoms. The Morgan fingerprint density at radius 1 is 1.14 bits per heavy atom. The van der Waals surface area contributed by atoms with E-state index < -0.39 is 18.0 Å². The molecule has 0 radical (unpaired) electrons. The Morgan fingerprint density at radius 3 is 2.27 bits per heavy atom. The highest BCUT2D eigenvalue weighted by Crippen LogP contribution is 2.37. The first-order chi connectivity index (χ1) is 10.4. The fraction of sp³-hybridized carbons (Fsp3) is 0.500. The molecule has 22 heavy (non-hydrogen) atoms. The normalized spacial score (nSPS) is 12.3. The summed E-state index contributed by atoms with van der Waals surface area (Å²) in [7, 11) is 0. The molecule has 3 nitrogen and oxygen atoms in total. The van der Waals surface area contributed by atoms with E-state index in [-0.39, 0.29) is 12.4 Å². The van der Waals surface area contributed by atoms with Crippen LogP contribution in [0.4, 0.5) is 13.2 Å². The van der Waals surface area contributed by atoms with Gasteiger partial charge in [-0.2, -0.15) is 13.2 Å². The molecule has 0 aromatic heterocycles. The van der Waals surface area contributed by atoms with Gasteiger partial charge in [0, 0.05) is 13.2 Å². The van der Waals surface area contributed by atoms with Crippen molar-refractivity contribution in [2.24, 2.45) is 0 Å². The van der Waals surface area contributed by atoms with E-state index in [4.69, 9.17) is 14.2 Å². The van der Waals surface area contributed by atoms with E-state index in [0.717, 1.165) is 6.07 Å². The van der Waals surface area contributed by atoms with Gasteiger partial charge in [0.05, 0.1) is 5.56 Å². The highest BCUT2D eigenvalue weighted by atomic mass is 19.4. The van der Waals surface area contributed by atoms with Gasteiger partial charge in [0.2, 0.25) is 0 Å². The molecule has 0 N–H and O–H groups in total. The minimum atomic E-state index is -4.48. The minimum Gasteiger partial charge on any atom is -0.488 e. The van der Waals surface area contributed by atoms with Crippen LogP contribution in [0.5, 0.6) is 5.75 Å². The number of halogens is 3. The number of hydrogen-bond acceptors (Lipinski definition) is 3. The summed E-state index contributed by atoms with van der Waals surface area (Å²) in [5.41, 5.74) is -0.178. The van der Waals surface area contributed by atoms with Crippen molar-refractivity contribution in [2.75, 3.05) is 19.8 Å². The lowest BCUT2D eigenvalue weighted by Gasteiger charge is -2.20. The van der Waals surface area contributed by atoms with E-state index in [1.165, 1.54) is 12.1 Å². The maximum Gasteiger partial charge on any atom is 0.419 e. The predicted octanol–water partition coefficient (Wildman–Crippen LogP) is 4.52. The second-order valence-corrected chi connectivity index (χ2v) is 4.40. The van der Waals surface area contributed by atoms with Gasteiger partial charge in [0.15, 0.2) is 6.29 Å². The molecule has 124 valence electrons. The monoisotopic (exact) mass is 318 g/mol. The molecule has 0 saturated carbocycles. The summed E-state index contributed by atoms with van der Waals surface area (Å²) < 4.78 is 54.9. The van der Waals surface area contributed by atoms with Crippen molar-refractivity contribution in [2.45, 2.75) is 33.2 Å². The fourth-order valence-corrected chi connectivity index (χ4v) is 1.86. The Balaban J connectivity index is 2.96. The molecular formula is C16H21F3O3. The highest BCUT2D eigenvalue weighted by Gasteiger charge is 2.34. The number of alkyl halides is 3. The summed E-state index contributed by atoms with van der Waals surface area (Å²) in [6.07, 6.45) is -1.72. The molecule has 1 aromatic carbocycles. The van der Waals surface area contributed by atoms with E-state index in [1.807, 2.05) is 0 Å². The molecule has 0 aliphatic carbocycles. The predicted molar refractivity (Wildman–Crippen MR) is 78.7 cm³/mol. The Kier molecular flexibility index (Phi) is 7.41. The number of rotatable bonds is 8. The maximum atomic E-state index is 13.0. The topological polar surface area (TPSA) is 27.7 Å². The number of ether oxygens (including phenoxy) is 3. The Hall–Kier alpha value is -1.53. The Morgan fingerprint density at radius 2 is 1.77 bits per heavy atom. The minimum absolute atomic E-state index is 0.107. The average Bonchev–Trinajstić information content (AvgIpc) is 2.44. The van der Waals surface area contributed by atoms with E-state index in [9.17, 15) is 13.2 Å². The van der Waals surface area contributed by atoms with Crippen molar-refractivity contribution < 1.29 is 27.4 Å². The Bertz CT molecular complexity index is 478. The van der Waals surface area contributed by atoms with Crippen LogP contribution in [0.15, 0.2) is 24.3 Å². The van der Waals surface area contributed by atoms with Crippen LogP contribution in [0.3, 0.4) is 0 Å². The van der Waals surface area contributed by atoms with E-state index in [0.29, 0.717) is 18.8 Å². The third-order valence-electron chi connectivity index (χ3n) is 2.75. The summed E-state index contributed by atoms with van der Waals surface area (Å²) in [5, 5.41) is 0. The molecule has 1 rings (SSSR count). The first-order valence-electron chi connectivity index (χ1n) is 7.12. The summed E-state index contributed by atoms with van der Waals surface area (Å²) in [5.74, 6) is -0.229. The van der Waals surface area contributed by atoms with Gasteiger partial charge in [-0.1, -0.05) is 18.2 Å². The smallest absolute Gasteiger partial charge is 0.419 e. The molecule has 0 fully saturated rings. The van der Waals surface area contributed by atoms with Crippen LogP contribution in [0.25, 0.3) is 6.08 Å². The molecular weight excluding hydrogens is 297 g/mol. The van der Waals surface area contributed by atoms with Crippen LogP contribution in [-0.2, 0) is 15.7 Å². The van der Waals surface area contributed by atoms with Gasteiger partial charge in [-0.25, -0.2) is 0 Å². The molecule has 0 heterocycles. The first-order valence-corrected chi connectivity index (χ1v) is 7.12. The van der Waals surface area contributed by atoms with Gasteiger partial charge in [-0.15, -0.1) is 0 Å². The van der Waals surface area contributed by atoms with Gasteiger partial charge >= 0.3 is 6.18 Å². The van der Waals surface area contributed by atoms with Crippen LogP contribution < -0.4 is 4.74 Å². The lowest BCUT2D eigenvalue weighted by atomic mass is 10.1. The zero-order valence-corrected chi connectivity index (χ0v) is 12.9. The van der Waals surface area contributed by atoms with Crippen LogP contribution in [0.1, 0.15) is 31.9 Å². The van der Waals surface area contributed by atoms with Gasteiger partial charge in [-0.05, 0) is 38.5 Å². The highest BCUT2D eigenvalue weighted by molar-refractivity contribution is 5.54. The van der Waals surface area contributed by atoms with Gasteiger partial charge in [-0.3, -0.25) is 0 Å². The molecule has 0 aliphatic rings. The Labute approximate surface area is 128 Å². The average molecular weight is 318 g/mol. The van der Waals surface area contributed by atoms with Gasteiger partial charge in [0.25, 0.3) is 0 Å². The number of allylic oxidation sites excluding steroid dienone is 1. The quantitative estimate of drug-likeness (QED) is 0.660. The molecule has 1 aromatic rings. The zero-order chi connectivity index (χ0) is 16.6. The lowest BCUT2D eigenvalue weighted by molar-refractivity contribution is -0.156. The standard InChI is InChI=1S/C16H21F3O3/c1-4-7-12-8-9-13(16(17,18)19)14(10-12)22-11-15(20-5-2)21-6-3/h4,7-10,15H,5-6,11H2,1-3H3/b7-4+. The van der Waals surface area contributed by atoms with E-state index >= 15 is 0 Å². The second kappa shape index (κ2) is 8.80. The lowest BCUT2D eigenvalue weighted by Crippen LogP contribution is -2.25. The summed E-state index contributed by atoms with van der Waals surface area (Å²) >= 11 is 0. The van der Waals surface area contributed by atoms with Crippen molar-refractivity contribution in [1.29, 1.82) is 0 Å². The van der Waals surface area contributed by atoms with Crippen LogP contribution in [0.2, 0.25) is 0 Å². The second-order valence-electron chi connectivity index (χ2n) is 4.40. The zero-order valence-electron chi connectivity index (χ0n) is 12.9. The van der Waals surface area contributed by atoms with Crippen LogP contribution in [-0.4, -0.2) is 26.1 Å². The largest absolute Gasteiger partial charge is 0.488 e. The fourth-order valence-electron chi connectivity index (χ4n) is 1.86. The maximum absolute atomic E-state index is 13.0. The number of benzene rings is 1. The summed E-state index contributed by atoms with van der Waals surface area (Å²) in [4.78, 5) is 0. The molecule has 0 unspecified atom stereocenters. The molecule has 0 spiro atoms. The van der Waals surface area contributed by atoms with Crippen LogP contribution in [0, 0.1) is 0 Å². The van der Waals surface area contributed by atoms with Gasteiger partial charge in [0.1, 0.15) is 12.4 Å². The van der Waals surface area contributed by atoms with Crippen LogP contribution >= 0.6 is 0 Å². The summed E-state index contributed by atoms with van der Waals surface area (Å²) in [6.45, 7) is 6.01. The molecule has 0 saturated heterocycles. The van der Waals surface area contributed by atoms with E-state index in [2.05, 4.69) is 0 Å². The van der Waals surface area contributed by atoms with Crippen molar-refractivity contribution in [3.8, 4) is 5.75 Å². The van der Waals surface area contributed by atoms with Crippen molar-refractivity contribution in [3.05, 3.63) is 35.4 Å². The van der Waals surface area contributed by atoms with Crippen molar-refractivity contribution in [3.63, 3.8) is 0 Å². The molecule has 0 amide bonds. The third kappa shape index (κ3) is 5.69. The first kappa shape index (κ1) is 18.5. The molecule has 0 aliphatic heterocycles. The van der Waals surface area contributed by atoms with Gasteiger partial charge < -0.3 is 14.2 Å². The van der Waals surface area contributed by atoms with Crippen molar-refractivity contribution >= 4 is 6.08 Å². The number of hydrogen-bond donors (Lipinski definition) is 0. The molecule has 6 heteroatoms. The summed E-state index contributed by atoms with van der Waals surface area (Å²) in [6, 6.07) is 3.77. The van der Waals surface area contributed by atoms with Crippen molar-refractivity contribution in [1.82, 2.24) is 0 Å². The van der Waals surface area contributed by atoms with E-state index in [1.54, 1.807) is 32.9 Å².